The number of fused-ring (bicyclic) bond motifs is 3. The molecule has 3 aliphatic rings. The molecule has 0 radical (unpaired) electrons. The molecule has 2 aromatic rings. The van der Waals surface area contributed by atoms with Crippen LogP contribution in [0, 0.1) is 4.78 Å². The number of rotatable bonds is 3. The zero-order valence-electron chi connectivity index (χ0n) is 15.7. The highest BCUT2D eigenvalue weighted by Crippen LogP contribution is 2.40. The number of aryl methyl sites for hydroxylation is 2. The second-order valence-corrected chi connectivity index (χ2v) is 9.50. The number of nitrogens with zero attached hydrogens (tertiary/aromatic N) is 2. The van der Waals surface area contributed by atoms with Crippen molar-refractivity contribution < 1.29 is 13.7 Å². The van der Waals surface area contributed by atoms with E-state index in [1.807, 2.05) is 6.92 Å². The zero-order valence-corrected chi connectivity index (χ0v) is 16.5. The lowest BCUT2D eigenvalue weighted by Gasteiger charge is -2.19. The number of anilines is 1. The van der Waals surface area contributed by atoms with Crippen LogP contribution in [0.4, 0.5) is 5.69 Å². The molecule has 3 unspecified atom stereocenters. The fourth-order valence-electron chi connectivity index (χ4n) is 4.73. The van der Waals surface area contributed by atoms with Crippen molar-refractivity contribution in [2.75, 3.05) is 5.32 Å². The third kappa shape index (κ3) is 2.56. The van der Waals surface area contributed by atoms with Crippen molar-refractivity contribution in [1.29, 1.82) is 4.78 Å². The molecule has 0 bridgehead atoms. The van der Waals surface area contributed by atoms with Crippen LogP contribution in [0.5, 0.6) is 5.88 Å². The molecule has 0 saturated carbocycles. The number of aromatic nitrogens is 2. The third-order valence-corrected chi connectivity index (χ3v) is 7.02. The third-order valence-electron chi connectivity index (χ3n) is 6.09. The number of carbonyl (C=O) groups is 1. The van der Waals surface area contributed by atoms with Gasteiger partial charge in [-0.2, -0.15) is 5.10 Å². The van der Waals surface area contributed by atoms with E-state index in [-0.39, 0.29) is 22.7 Å². The Morgan fingerprint density at radius 1 is 1.29 bits per heavy atom. The molecule has 1 aliphatic heterocycles. The van der Waals surface area contributed by atoms with Crippen molar-refractivity contribution in [1.82, 2.24) is 9.78 Å². The van der Waals surface area contributed by atoms with Crippen LogP contribution < -0.4 is 15.2 Å². The lowest BCUT2D eigenvalue weighted by atomic mass is 9.98. The van der Waals surface area contributed by atoms with Gasteiger partial charge in [-0.05, 0) is 67.7 Å². The highest BCUT2D eigenvalue weighted by atomic mass is 32.2. The average Bonchev–Trinajstić information content (AvgIpc) is 3.37. The van der Waals surface area contributed by atoms with E-state index in [9.17, 15) is 9.00 Å². The number of hydrogen-bond donors (Lipinski definition) is 3. The van der Waals surface area contributed by atoms with Gasteiger partial charge >= 0.3 is 0 Å². The number of nitrogens with one attached hydrogen (secondary N) is 2. The van der Waals surface area contributed by atoms with Crippen LogP contribution in [0.3, 0.4) is 0 Å². The molecule has 5 rings (SSSR count). The molecule has 0 saturated heterocycles. The van der Waals surface area contributed by atoms with Crippen LogP contribution in [0.2, 0.25) is 0 Å². The maximum Gasteiger partial charge on any atom is 0.267 e. The van der Waals surface area contributed by atoms with Crippen molar-refractivity contribution >= 4 is 21.5 Å². The van der Waals surface area contributed by atoms with Crippen molar-refractivity contribution in [2.24, 2.45) is 5.14 Å². The van der Waals surface area contributed by atoms with Gasteiger partial charge in [0.05, 0.1) is 12.2 Å². The quantitative estimate of drug-likeness (QED) is 0.729. The van der Waals surface area contributed by atoms with Gasteiger partial charge in [0, 0.05) is 5.69 Å². The molecule has 0 fully saturated rings. The predicted molar refractivity (Wildman–Crippen MR) is 104 cm³/mol. The van der Waals surface area contributed by atoms with Crippen LogP contribution in [-0.4, -0.2) is 26.0 Å². The molecule has 3 atom stereocenters. The minimum absolute atomic E-state index is 0.0242. The number of hydrogen-bond acceptors (Lipinski definition) is 5. The second-order valence-electron chi connectivity index (χ2n) is 7.86. The van der Waals surface area contributed by atoms with Gasteiger partial charge in [-0.1, -0.05) is 6.07 Å². The van der Waals surface area contributed by atoms with Crippen molar-refractivity contribution in [3.63, 3.8) is 0 Å². The molecule has 1 amide bonds. The number of nitrogens with two attached hydrogens (primary N) is 1. The summed E-state index contributed by atoms with van der Waals surface area (Å²) in [6, 6.07) is 1.94. The maximum absolute atomic E-state index is 13.1. The van der Waals surface area contributed by atoms with Crippen LogP contribution >= 0.6 is 0 Å². The second kappa shape index (κ2) is 6.05. The molecule has 1 aromatic heterocycles. The topological polar surface area (TPSA) is 123 Å². The predicted octanol–water partition coefficient (Wildman–Crippen LogP) is 2.10. The molecule has 0 spiro atoms. The number of benzene rings is 1. The summed E-state index contributed by atoms with van der Waals surface area (Å²) in [5.74, 6) is -0.0921. The van der Waals surface area contributed by atoms with E-state index in [2.05, 4.69) is 16.5 Å². The largest absolute Gasteiger partial charge is 0.461 e. The number of carbonyl (C=O) groups excluding carboxylic acids is 1. The fraction of sp³-hybridized carbons (Fsp3) is 0.474. The molecule has 2 heterocycles. The van der Waals surface area contributed by atoms with E-state index >= 15 is 0 Å². The lowest BCUT2D eigenvalue weighted by Crippen LogP contribution is -2.35. The van der Waals surface area contributed by atoms with Crippen molar-refractivity contribution in [3.05, 3.63) is 34.5 Å². The smallest absolute Gasteiger partial charge is 0.267 e. The molecule has 28 heavy (non-hydrogen) atoms. The highest BCUT2D eigenvalue weighted by molar-refractivity contribution is 7.90. The summed E-state index contributed by atoms with van der Waals surface area (Å²) >= 11 is 0. The Hall–Kier alpha value is -2.39. The zero-order chi connectivity index (χ0) is 19.6. The van der Waals surface area contributed by atoms with Crippen LogP contribution in [0.1, 0.15) is 48.1 Å². The molecule has 148 valence electrons. The van der Waals surface area contributed by atoms with Gasteiger partial charge in [-0.3, -0.25) is 4.79 Å². The maximum atomic E-state index is 13.1. The molecule has 8 nitrogen and oxygen atoms in total. The van der Waals surface area contributed by atoms with E-state index in [0.717, 1.165) is 44.2 Å². The van der Waals surface area contributed by atoms with E-state index in [0.29, 0.717) is 0 Å². The summed E-state index contributed by atoms with van der Waals surface area (Å²) in [7, 11) is -3.47. The Labute approximate surface area is 163 Å². The standard InChI is InChI=1S/C19H23N5O3S/c1-10-17(27-19-15(28(20,21)26)9-22-24(10)19)18(25)23-16-13-6-2-4-11(13)8-12-5-3-7-14(12)16/h8-10,17H,2-7H2,1H3,(H,23,25)(H3,20,21,26). The highest BCUT2D eigenvalue weighted by Gasteiger charge is 2.41. The Morgan fingerprint density at radius 3 is 2.54 bits per heavy atom. The van der Waals surface area contributed by atoms with Crippen molar-refractivity contribution in [2.45, 2.75) is 62.5 Å². The summed E-state index contributed by atoms with van der Waals surface area (Å²) in [5, 5.41) is 12.7. The van der Waals surface area contributed by atoms with E-state index < -0.39 is 16.0 Å². The Morgan fingerprint density at radius 2 is 1.93 bits per heavy atom. The molecule has 2 aliphatic carbocycles. The molecule has 1 aromatic carbocycles. The lowest BCUT2D eigenvalue weighted by molar-refractivity contribution is -0.123. The van der Waals surface area contributed by atoms with Gasteiger partial charge in [-0.15, -0.1) is 0 Å². The van der Waals surface area contributed by atoms with E-state index in [1.165, 1.54) is 33.1 Å². The Bertz CT molecular complexity index is 1070. The fourth-order valence-corrected chi connectivity index (χ4v) is 5.33. The average molecular weight is 401 g/mol. The van der Waals surface area contributed by atoms with Crippen LogP contribution in [0.25, 0.3) is 0 Å². The summed E-state index contributed by atoms with van der Waals surface area (Å²) in [4.78, 5) is 13.1. The summed E-state index contributed by atoms with van der Waals surface area (Å²) in [6.07, 6.45) is 6.81. The Kier molecular flexibility index (Phi) is 3.82. The van der Waals surface area contributed by atoms with Gasteiger partial charge in [0.25, 0.3) is 5.91 Å². The first kappa shape index (κ1) is 17.7. The summed E-state index contributed by atoms with van der Waals surface area (Å²) in [6.45, 7) is 1.82. The van der Waals surface area contributed by atoms with E-state index in [4.69, 9.17) is 14.7 Å². The first-order valence-corrected chi connectivity index (χ1v) is 11.2. The first-order valence-electron chi connectivity index (χ1n) is 9.62. The monoisotopic (exact) mass is 401 g/mol. The molecule has 9 heteroatoms. The molecule has 4 N–H and O–H groups in total. The van der Waals surface area contributed by atoms with Crippen LogP contribution in [-0.2, 0) is 40.4 Å². The van der Waals surface area contributed by atoms with Crippen molar-refractivity contribution in [3.8, 4) is 5.88 Å². The normalized spacial score (nSPS) is 24.2. The molecular formula is C19H23N5O3S. The Balaban J connectivity index is 1.46. The van der Waals surface area contributed by atoms with Gasteiger partial charge < -0.3 is 10.1 Å². The van der Waals surface area contributed by atoms with Gasteiger partial charge in [-0.25, -0.2) is 18.8 Å². The minimum atomic E-state index is -3.47. The molecular weight excluding hydrogens is 378 g/mol. The SMILES string of the molecule is CC1C(C(=O)Nc2c3c(cc4c2CCC4)CCC3)Oc2c(S(=N)(N)=O)cnn21. The van der Waals surface area contributed by atoms with E-state index in [1.54, 1.807) is 0 Å². The number of ether oxygens (including phenoxy) is 1. The van der Waals surface area contributed by atoms with Gasteiger partial charge in [0.1, 0.15) is 14.8 Å². The summed E-state index contributed by atoms with van der Waals surface area (Å²) < 4.78 is 26.9. The van der Waals surface area contributed by atoms with Crippen LogP contribution in [0.15, 0.2) is 17.2 Å². The summed E-state index contributed by atoms with van der Waals surface area (Å²) in [5.41, 5.74) is 6.19. The van der Waals surface area contributed by atoms with Gasteiger partial charge in [0.2, 0.25) is 12.0 Å². The number of amides is 1. The minimum Gasteiger partial charge on any atom is -0.461 e. The first-order chi connectivity index (χ1) is 13.3. The van der Waals surface area contributed by atoms with Gasteiger partial charge in [0.15, 0.2) is 0 Å².